The Bertz CT molecular complexity index is 416. The van der Waals surface area contributed by atoms with Crippen LogP contribution in [0.3, 0.4) is 0 Å². The Morgan fingerprint density at radius 3 is 2.61 bits per heavy atom. The van der Waals surface area contributed by atoms with Crippen LogP contribution in [0.15, 0.2) is 24.3 Å². The lowest BCUT2D eigenvalue weighted by molar-refractivity contribution is 0.206. The van der Waals surface area contributed by atoms with E-state index in [0.29, 0.717) is 16.9 Å². The third kappa shape index (κ3) is 3.21. The monoisotopic (exact) mass is 263 g/mol. The van der Waals surface area contributed by atoms with Crippen molar-refractivity contribution in [2.45, 2.75) is 19.4 Å². The van der Waals surface area contributed by atoms with Crippen molar-refractivity contribution < 1.29 is 0 Å². The Morgan fingerprint density at radius 2 is 2.06 bits per heavy atom. The summed E-state index contributed by atoms with van der Waals surface area (Å²) in [7, 11) is 2.18. The molecule has 0 bridgehead atoms. The topological polar surface area (TPSA) is 41.3 Å². The van der Waals surface area contributed by atoms with Crippen molar-refractivity contribution in [3.05, 3.63) is 29.8 Å². The zero-order chi connectivity index (χ0) is 13.1. The standard InChI is InChI=1S/C14H21N3S/c1-10-9-17(2)8-7-13(10)16-12-5-3-11(4-6-12)14(15)18/h3-6,10,13,16H,7-9H2,1-2H3,(H2,15,18). The maximum absolute atomic E-state index is 5.59. The number of nitrogens with one attached hydrogen (secondary N) is 1. The maximum Gasteiger partial charge on any atom is 0.103 e. The Labute approximate surface area is 114 Å². The van der Waals surface area contributed by atoms with Crippen molar-refractivity contribution in [1.29, 1.82) is 0 Å². The van der Waals surface area contributed by atoms with E-state index in [1.807, 2.05) is 12.1 Å². The van der Waals surface area contributed by atoms with E-state index >= 15 is 0 Å². The van der Waals surface area contributed by atoms with Gasteiger partial charge in [-0.3, -0.25) is 0 Å². The molecule has 2 atom stereocenters. The molecule has 0 aromatic heterocycles. The number of rotatable bonds is 3. The summed E-state index contributed by atoms with van der Waals surface area (Å²) in [5.74, 6) is 0.666. The van der Waals surface area contributed by atoms with Crippen LogP contribution in [0.1, 0.15) is 18.9 Å². The number of benzene rings is 1. The molecule has 0 saturated carbocycles. The molecule has 1 aromatic rings. The summed E-state index contributed by atoms with van der Waals surface area (Å²) in [6.07, 6.45) is 1.19. The second kappa shape index (κ2) is 5.67. The minimum absolute atomic E-state index is 0.453. The molecule has 2 rings (SSSR count). The average molecular weight is 263 g/mol. The fourth-order valence-corrected chi connectivity index (χ4v) is 2.65. The molecule has 98 valence electrons. The van der Waals surface area contributed by atoms with Gasteiger partial charge in [0.25, 0.3) is 0 Å². The van der Waals surface area contributed by atoms with Gasteiger partial charge in [0.1, 0.15) is 4.99 Å². The van der Waals surface area contributed by atoms with E-state index in [1.54, 1.807) is 0 Å². The van der Waals surface area contributed by atoms with Crippen LogP contribution < -0.4 is 11.1 Å². The van der Waals surface area contributed by atoms with E-state index in [4.69, 9.17) is 18.0 Å². The summed E-state index contributed by atoms with van der Waals surface area (Å²) in [5, 5.41) is 3.61. The van der Waals surface area contributed by atoms with Crippen LogP contribution in [0.4, 0.5) is 5.69 Å². The first kappa shape index (κ1) is 13.3. The fraction of sp³-hybridized carbons (Fsp3) is 0.500. The lowest BCUT2D eigenvalue weighted by Crippen LogP contribution is -2.43. The predicted molar refractivity (Wildman–Crippen MR) is 81.0 cm³/mol. The minimum atomic E-state index is 0.453. The van der Waals surface area contributed by atoms with E-state index in [0.717, 1.165) is 24.3 Å². The number of anilines is 1. The number of nitrogens with two attached hydrogens (primary N) is 1. The summed E-state index contributed by atoms with van der Waals surface area (Å²) in [5.41, 5.74) is 7.66. The summed E-state index contributed by atoms with van der Waals surface area (Å²) in [6.45, 7) is 4.62. The van der Waals surface area contributed by atoms with Crippen molar-refractivity contribution in [1.82, 2.24) is 4.90 Å². The number of hydrogen-bond donors (Lipinski definition) is 2. The van der Waals surface area contributed by atoms with E-state index in [-0.39, 0.29) is 0 Å². The van der Waals surface area contributed by atoms with Gasteiger partial charge in [0, 0.05) is 23.8 Å². The molecular weight excluding hydrogens is 242 g/mol. The summed E-state index contributed by atoms with van der Waals surface area (Å²) in [6, 6.07) is 8.62. The third-order valence-corrected chi connectivity index (χ3v) is 3.87. The first-order valence-corrected chi connectivity index (χ1v) is 6.82. The van der Waals surface area contributed by atoms with Gasteiger partial charge in [-0.05, 0) is 50.2 Å². The van der Waals surface area contributed by atoms with Crippen LogP contribution in [-0.4, -0.2) is 36.1 Å². The predicted octanol–water partition coefficient (Wildman–Crippen LogP) is 2.07. The molecule has 0 amide bonds. The van der Waals surface area contributed by atoms with Gasteiger partial charge >= 0.3 is 0 Å². The minimum Gasteiger partial charge on any atom is -0.389 e. The van der Waals surface area contributed by atoms with Gasteiger partial charge in [0.2, 0.25) is 0 Å². The zero-order valence-electron chi connectivity index (χ0n) is 11.0. The first-order chi connectivity index (χ1) is 8.56. The fourth-order valence-electron chi connectivity index (χ4n) is 2.51. The Kier molecular flexibility index (Phi) is 4.19. The SMILES string of the molecule is CC1CN(C)CCC1Nc1ccc(C(N)=S)cc1. The lowest BCUT2D eigenvalue weighted by Gasteiger charge is -2.35. The maximum atomic E-state index is 5.59. The number of nitrogens with zero attached hydrogens (tertiary/aromatic N) is 1. The van der Waals surface area contributed by atoms with Gasteiger partial charge in [-0.2, -0.15) is 0 Å². The van der Waals surface area contributed by atoms with Crippen molar-refractivity contribution in [2.75, 3.05) is 25.5 Å². The summed E-state index contributed by atoms with van der Waals surface area (Å²) < 4.78 is 0. The number of piperidine rings is 1. The molecule has 4 heteroatoms. The average Bonchev–Trinajstić information content (AvgIpc) is 2.33. The quantitative estimate of drug-likeness (QED) is 0.819. The Balaban J connectivity index is 1.99. The molecule has 0 aliphatic carbocycles. The van der Waals surface area contributed by atoms with Gasteiger partial charge in [-0.1, -0.05) is 19.1 Å². The van der Waals surface area contributed by atoms with Gasteiger partial charge in [-0.15, -0.1) is 0 Å². The molecule has 2 unspecified atom stereocenters. The molecule has 1 aliphatic heterocycles. The van der Waals surface area contributed by atoms with E-state index in [1.165, 1.54) is 6.42 Å². The molecule has 3 N–H and O–H groups in total. The van der Waals surface area contributed by atoms with Crippen molar-refractivity contribution in [2.24, 2.45) is 11.7 Å². The normalized spacial score (nSPS) is 24.8. The van der Waals surface area contributed by atoms with Crippen molar-refractivity contribution in [3.63, 3.8) is 0 Å². The Morgan fingerprint density at radius 1 is 1.39 bits per heavy atom. The van der Waals surface area contributed by atoms with E-state index in [9.17, 15) is 0 Å². The van der Waals surface area contributed by atoms with Gasteiger partial charge < -0.3 is 16.0 Å². The molecule has 3 nitrogen and oxygen atoms in total. The Hall–Kier alpha value is -1.13. The molecule has 1 aliphatic rings. The second-order valence-corrected chi connectivity index (χ2v) is 5.66. The summed E-state index contributed by atoms with van der Waals surface area (Å²) in [4.78, 5) is 2.84. The highest BCUT2D eigenvalue weighted by molar-refractivity contribution is 7.80. The first-order valence-electron chi connectivity index (χ1n) is 6.41. The number of thiocarbonyl (C=S) groups is 1. The molecule has 0 spiro atoms. The summed E-state index contributed by atoms with van der Waals surface area (Å²) >= 11 is 4.95. The third-order valence-electron chi connectivity index (χ3n) is 3.63. The zero-order valence-corrected chi connectivity index (χ0v) is 11.8. The van der Waals surface area contributed by atoms with E-state index in [2.05, 4.69) is 36.3 Å². The smallest absolute Gasteiger partial charge is 0.103 e. The van der Waals surface area contributed by atoms with Crippen LogP contribution >= 0.6 is 12.2 Å². The van der Waals surface area contributed by atoms with Crippen molar-refractivity contribution in [3.8, 4) is 0 Å². The van der Waals surface area contributed by atoms with Crippen LogP contribution in [0.2, 0.25) is 0 Å². The lowest BCUT2D eigenvalue weighted by atomic mass is 9.94. The molecular formula is C14H21N3S. The molecule has 1 aromatic carbocycles. The largest absolute Gasteiger partial charge is 0.389 e. The van der Waals surface area contributed by atoms with Crippen LogP contribution in [-0.2, 0) is 0 Å². The number of hydrogen-bond acceptors (Lipinski definition) is 3. The second-order valence-electron chi connectivity index (χ2n) is 5.22. The van der Waals surface area contributed by atoms with Crippen LogP contribution in [0, 0.1) is 5.92 Å². The molecule has 1 heterocycles. The highest BCUT2D eigenvalue weighted by Gasteiger charge is 2.23. The molecule has 1 saturated heterocycles. The van der Waals surface area contributed by atoms with Gasteiger partial charge in [-0.25, -0.2) is 0 Å². The van der Waals surface area contributed by atoms with Crippen molar-refractivity contribution >= 4 is 22.9 Å². The molecule has 0 radical (unpaired) electrons. The van der Waals surface area contributed by atoms with Gasteiger partial charge in [0.05, 0.1) is 0 Å². The molecule has 18 heavy (non-hydrogen) atoms. The van der Waals surface area contributed by atoms with Crippen LogP contribution in [0.5, 0.6) is 0 Å². The highest BCUT2D eigenvalue weighted by atomic mass is 32.1. The van der Waals surface area contributed by atoms with Gasteiger partial charge in [0.15, 0.2) is 0 Å². The van der Waals surface area contributed by atoms with E-state index < -0.39 is 0 Å². The van der Waals surface area contributed by atoms with Crippen LogP contribution in [0.25, 0.3) is 0 Å². The molecule has 1 fully saturated rings. The highest BCUT2D eigenvalue weighted by Crippen LogP contribution is 2.20. The number of likely N-dealkylation sites (tertiary alicyclic amines) is 1.